The Morgan fingerprint density at radius 3 is 2.70 bits per heavy atom. The molecule has 0 radical (unpaired) electrons. The molecule has 2 amide bonds. The smallest absolute Gasteiger partial charge is 0.319 e. The third-order valence-electron chi connectivity index (χ3n) is 2.88. The van der Waals surface area contributed by atoms with Gasteiger partial charge in [0.2, 0.25) is 0 Å². The average molecular weight is 266 g/mol. The molecule has 0 spiro atoms. The highest BCUT2D eigenvalue weighted by Crippen LogP contribution is 2.06. The van der Waals surface area contributed by atoms with Crippen LogP contribution in [0.2, 0.25) is 0 Å². The van der Waals surface area contributed by atoms with Gasteiger partial charge in [0.05, 0.1) is 12.2 Å². The van der Waals surface area contributed by atoms with Crippen LogP contribution in [-0.4, -0.2) is 15.4 Å². The van der Waals surface area contributed by atoms with E-state index in [2.05, 4.69) is 15.6 Å². The third kappa shape index (κ3) is 2.77. The number of urea groups is 1. The molecule has 0 aliphatic rings. The van der Waals surface area contributed by atoms with Crippen molar-refractivity contribution in [1.29, 1.82) is 0 Å². The molecular formula is C15H14N4O. The molecule has 2 aromatic heterocycles. The van der Waals surface area contributed by atoms with Gasteiger partial charge in [0, 0.05) is 18.1 Å². The minimum Gasteiger partial charge on any atom is -0.332 e. The molecule has 3 aromatic rings. The van der Waals surface area contributed by atoms with Crippen LogP contribution in [0.1, 0.15) is 5.69 Å². The van der Waals surface area contributed by atoms with Crippen LogP contribution in [0.3, 0.4) is 0 Å². The van der Waals surface area contributed by atoms with Gasteiger partial charge in [0.25, 0.3) is 0 Å². The number of fused-ring (bicyclic) bond motifs is 1. The Balaban J connectivity index is 1.60. The van der Waals surface area contributed by atoms with E-state index in [1.54, 1.807) is 0 Å². The van der Waals surface area contributed by atoms with Gasteiger partial charge in [-0.1, -0.05) is 24.3 Å². The Morgan fingerprint density at radius 2 is 1.90 bits per heavy atom. The van der Waals surface area contributed by atoms with E-state index in [9.17, 15) is 4.79 Å². The number of hydrogen-bond donors (Lipinski definition) is 2. The molecule has 0 aliphatic heterocycles. The van der Waals surface area contributed by atoms with Crippen LogP contribution in [0.25, 0.3) is 5.65 Å². The van der Waals surface area contributed by atoms with Crippen molar-refractivity contribution in [3.05, 3.63) is 66.6 Å². The fraction of sp³-hybridized carbons (Fsp3) is 0.0667. The largest absolute Gasteiger partial charge is 0.332 e. The first-order valence-electron chi connectivity index (χ1n) is 6.34. The van der Waals surface area contributed by atoms with E-state index in [1.807, 2.05) is 65.3 Å². The van der Waals surface area contributed by atoms with Crippen molar-refractivity contribution in [2.24, 2.45) is 0 Å². The second-order valence-electron chi connectivity index (χ2n) is 4.37. The van der Waals surface area contributed by atoms with E-state index in [4.69, 9.17) is 0 Å². The third-order valence-corrected chi connectivity index (χ3v) is 2.88. The summed E-state index contributed by atoms with van der Waals surface area (Å²) in [6, 6.07) is 14.9. The van der Waals surface area contributed by atoms with Crippen LogP contribution in [-0.2, 0) is 6.54 Å². The molecule has 2 N–H and O–H groups in total. The summed E-state index contributed by atoms with van der Waals surface area (Å²) < 4.78 is 1.92. The summed E-state index contributed by atoms with van der Waals surface area (Å²) in [4.78, 5) is 16.2. The zero-order chi connectivity index (χ0) is 13.8. The van der Waals surface area contributed by atoms with Gasteiger partial charge in [-0.2, -0.15) is 0 Å². The number of anilines is 1. The highest BCUT2D eigenvalue weighted by atomic mass is 16.2. The quantitative estimate of drug-likeness (QED) is 0.765. The summed E-state index contributed by atoms with van der Waals surface area (Å²) >= 11 is 0. The SMILES string of the molecule is O=C(NCc1cn2ccccc2n1)Nc1ccccc1. The number of amides is 2. The number of pyridine rings is 1. The Bertz CT molecular complexity index is 688. The van der Waals surface area contributed by atoms with Crippen molar-refractivity contribution in [3.8, 4) is 0 Å². The Kier molecular flexibility index (Phi) is 3.33. The summed E-state index contributed by atoms with van der Waals surface area (Å²) in [5.74, 6) is 0. The number of carbonyl (C=O) groups is 1. The number of benzene rings is 1. The molecule has 5 heteroatoms. The van der Waals surface area contributed by atoms with Gasteiger partial charge in [-0.25, -0.2) is 9.78 Å². The number of nitrogens with zero attached hydrogens (tertiary/aromatic N) is 2. The molecule has 0 aliphatic carbocycles. The van der Waals surface area contributed by atoms with Crippen LogP contribution in [0.15, 0.2) is 60.9 Å². The van der Waals surface area contributed by atoms with Crippen LogP contribution < -0.4 is 10.6 Å². The molecule has 20 heavy (non-hydrogen) atoms. The standard InChI is InChI=1S/C15H14N4O/c20-15(18-12-6-2-1-3-7-12)16-10-13-11-19-9-5-4-8-14(19)17-13/h1-9,11H,10H2,(H2,16,18,20). The normalized spacial score (nSPS) is 10.4. The maximum Gasteiger partial charge on any atom is 0.319 e. The number of imidazole rings is 1. The van der Waals surface area contributed by atoms with Crippen molar-refractivity contribution < 1.29 is 4.79 Å². The van der Waals surface area contributed by atoms with Crippen molar-refractivity contribution in [2.75, 3.05) is 5.32 Å². The fourth-order valence-electron chi connectivity index (χ4n) is 1.94. The summed E-state index contributed by atoms with van der Waals surface area (Å²) in [6.45, 7) is 0.389. The molecule has 0 fully saturated rings. The van der Waals surface area contributed by atoms with Crippen molar-refractivity contribution in [3.63, 3.8) is 0 Å². The predicted molar refractivity (Wildman–Crippen MR) is 77.5 cm³/mol. The van der Waals surface area contributed by atoms with Gasteiger partial charge >= 0.3 is 6.03 Å². The van der Waals surface area contributed by atoms with Gasteiger partial charge in [0.15, 0.2) is 0 Å². The lowest BCUT2D eigenvalue weighted by atomic mass is 10.3. The summed E-state index contributed by atoms with van der Waals surface area (Å²) in [5.41, 5.74) is 2.45. The van der Waals surface area contributed by atoms with Gasteiger partial charge < -0.3 is 15.0 Å². The first-order valence-corrected chi connectivity index (χ1v) is 6.34. The van der Waals surface area contributed by atoms with Crippen LogP contribution in [0.5, 0.6) is 0 Å². The first-order chi connectivity index (χ1) is 9.81. The number of rotatable bonds is 3. The predicted octanol–water partition coefficient (Wildman–Crippen LogP) is 2.66. The first kappa shape index (κ1) is 12.2. The van der Waals surface area contributed by atoms with Crippen LogP contribution in [0, 0.1) is 0 Å². The number of hydrogen-bond acceptors (Lipinski definition) is 2. The van der Waals surface area contributed by atoms with E-state index in [-0.39, 0.29) is 6.03 Å². The second-order valence-corrected chi connectivity index (χ2v) is 4.37. The summed E-state index contributed by atoms with van der Waals surface area (Å²) in [7, 11) is 0. The number of carbonyl (C=O) groups excluding carboxylic acids is 1. The van der Waals surface area contributed by atoms with E-state index >= 15 is 0 Å². The molecule has 0 unspecified atom stereocenters. The van der Waals surface area contributed by atoms with Crippen molar-refractivity contribution in [2.45, 2.75) is 6.54 Å². The van der Waals surface area contributed by atoms with Gasteiger partial charge in [-0.15, -0.1) is 0 Å². The summed E-state index contributed by atoms with van der Waals surface area (Å²) in [5, 5.41) is 5.54. The van der Waals surface area contributed by atoms with Gasteiger partial charge in [-0.05, 0) is 24.3 Å². The second kappa shape index (κ2) is 5.44. The van der Waals surface area contributed by atoms with Gasteiger partial charge in [-0.3, -0.25) is 0 Å². The summed E-state index contributed by atoms with van der Waals surface area (Å²) in [6.07, 6.45) is 3.83. The Morgan fingerprint density at radius 1 is 1.10 bits per heavy atom. The minimum atomic E-state index is -0.242. The van der Waals surface area contributed by atoms with Crippen LogP contribution >= 0.6 is 0 Å². The number of nitrogens with one attached hydrogen (secondary N) is 2. The zero-order valence-corrected chi connectivity index (χ0v) is 10.8. The van der Waals surface area contributed by atoms with E-state index in [0.29, 0.717) is 6.54 Å². The van der Waals surface area contributed by atoms with Crippen molar-refractivity contribution >= 4 is 17.4 Å². The monoisotopic (exact) mass is 266 g/mol. The minimum absolute atomic E-state index is 0.242. The number of para-hydroxylation sites is 1. The molecule has 0 atom stereocenters. The average Bonchev–Trinajstić information content (AvgIpc) is 2.89. The van der Waals surface area contributed by atoms with Gasteiger partial charge in [0.1, 0.15) is 5.65 Å². The maximum atomic E-state index is 11.7. The lowest BCUT2D eigenvalue weighted by Gasteiger charge is -2.05. The van der Waals surface area contributed by atoms with E-state index in [1.165, 1.54) is 0 Å². The molecule has 3 rings (SSSR count). The van der Waals surface area contributed by atoms with E-state index in [0.717, 1.165) is 17.0 Å². The molecule has 0 saturated heterocycles. The fourth-order valence-corrected chi connectivity index (χ4v) is 1.94. The van der Waals surface area contributed by atoms with E-state index < -0.39 is 0 Å². The molecule has 5 nitrogen and oxygen atoms in total. The molecule has 1 aromatic carbocycles. The maximum absolute atomic E-state index is 11.7. The molecule has 100 valence electrons. The highest BCUT2D eigenvalue weighted by Gasteiger charge is 2.04. The zero-order valence-electron chi connectivity index (χ0n) is 10.8. The lowest BCUT2D eigenvalue weighted by molar-refractivity contribution is 0.251. The lowest BCUT2D eigenvalue weighted by Crippen LogP contribution is -2.28. The molecule has 0 bridgehead atoms. The highest BCUT2D eigenvalue weighted by molar-refractivity contribution is 5.89. The van der Waals surface area contributed by atoms with Crippen LogP contribution in [0.4, 0.5) is 10.5 Å². The number of aromatic nitrogens is 2. The molecule has 2 heterocycles. The van der Waals surface area contributed by atoms with Crippen molar-refractivity contribution in [1.82, 2.24) is 14.7 Å². The molecule has 0 saturated carbocycles. The Labute approximate surface area is 116 Å². The Hall–Kier alpha value is -2.82. The topological polar surface area (TPSA) is 58.4 Å². The molecular weight excluding hydrogens is 252 g/mol.